The Morgan fingerprint density at radius 3 is 2.31 bits per heavy atom. The van der Waals surface area contributed by atoms with E-state index in [1.165, 1.54) is 12.8 Å². The van der Waals surface area contributed by atoms with E-state index >= 15 is 0 Å². The lowest BCUT2D eigenvalue weighted by Gasteiger charge is -2.37. The number of likely N-dealkylation sites (tertiary alicyclic amines) is 1. The van der Waals surface area contributed by atoms with Crippen LogP contribution in [0, 0.1) is 0 Å². The maximum Gasteiger partial charge on any atom is 0.241 e. The van der Waals surface area contributed by atoms with Gasteiger partial charge >= 0.3 is 0 Å². The number of rotatable bonds is 5. The first kappa shape index (κ1) is 22.3. The highest BCUT2D eigenvalue weighted by Gasteiger charge is 2.27. The van der Waals surface area contributed by atoms with Gasteiger partial charge in [0.2, 0.25) is 11.8 Å². The topological polar surface area (TPSA) is 55.9 Å². The number of nitrogens with one attached hydrogen (secondary N) is 1. The van der Waals surface area contributed by atoms with Gasteiger partial charge in [-0.15, -0.1) is 0 Å². The molecule has 2 heterocycles. The second kappa shape index (κ2) is 10.6. The third-order valence-corrected chi connectivity index (χ3v) is 6.40. The molecule has 2 saturated heterocycles. The van der Waals surface area contributed by atoms with Crippen molar-refractivity contribution in [1.29, 1.82) is 0 Å². The molecule has 2 aliphatic rings. The minimum atomic E-state index is -0.284. The lowest BCUT2D eigenvalue weighted by Crippen LogP contribution is -2.54. The fourth-order valence-electron chi connectivity index (χ4n) is 3.92. The Labute approximate surface area is 183 Å². The van der Waals surface area contributed by atoms with Gasteiger partial charge in [-0.2, -0.15) is 0 Å². The summed E-state index contributed by atoms with van der Waals surface area (Å²) in [5, 5.41) is 3.86. The molecule has 0 radical (unpaired) electrons. The molecular formula is C21H30Cl2N4O2. The van der Waals surface area contributed by atoms with E-state index in [2.05, 4.69) is 15.1 Å². The van der Waals surface area contributed by atoms with Gasteiger partial charge in [-0.3, -0.25) is 19.4 Å². The highest BCUT2D eigenvalue weighted by molar-refractivity contribution is 6.35. The van der Waals surface area contributed by atoms with E-state index in [0.29, 0.717) is 22.3 Å². The van der Waals surface area contributed by atoms with Crippen molar-refractivity contribution in [3.63, 3.8) is 0 Å². The van der Waals surface area contributed by atoms with Crippen LogP contribution in [0.15, 0.2) is 18.2 Å². The van der Waals surface area contributed by atoms with Crippen molar-refractivity contribution in [3.05, 3.63) is 28.2 Å². The van der Waals surface area contributed by atoms with E-state index in [0.717, 1.165) is 52.1 Å². The molecule has 0 saturated carbocycles. The summed E-state index contributed by atoms with van der Waals surface area (Å²) >= 11 is 12.1. The normalized spacial score (nSPS) is 20.2. The van der Waals surface area contributed by atoms with Crippen LogP contribution in [0.1, 0.15) is 32.6 Å². The van der Waals surface area contributed by atoms with Crippen molar-refractivity contribution in [1.82, 2.24) is 14.7 Å². The van der Waals surface area contributed by atoms with Crippen LogP contribution in [-0.4, -0.2) is 78.4 Å². The van der Waals surface area contributed by atoms with Crippen LogP contribution in [0.3, 0.4) is 0 Å². The SMILES string of the molecule is C[C@H](C(=O)Nc1cc(Cl)ccc1Cl)N1CCN(CC(=O)N2CCCCCC2)CC1. The summed E-state index contributed by atoms with van der Waals surface area (Å²) in [7, 11) is 0. The van der Waals surface area contributed by atoms with Gasteiger partial charge in [0, 0.05) is 44.3 Å². The van der Waals surface area contributed by atoms with Crippen LogP contribution in [0.25, 0.3) is 0 Å². The van der Waals surface area contributed by atoms with Gasteiger partial charge in [-0.25, -0.2) is 0 Å². The Hall–Kier alpha value is -1.34. The Kier molecular flexibility index (Phi) is 8.18. The molecule has 0 unspecified atom stereocenters. The molecule has 0 aromatic heterocycles. The molecule has 1 aromatic carbocycles. The van der Waals surface area contributed by atoms with Gasteiger partial charge in [-0.05, 0) is 38.0 Å². The Balaban J connectivity index is 1.46. The number of piperazine rings is 1. The molecule has 0 aliphatic carbocycles. The molecule has 2 aliphatic heterocycles. The minimum Gasteiger partial charge on any atom is -0.342 e. The molecule has 0 bridgehead atoms. The second-order valence-electron chi connectivity index (χ2n) is 7.90. The summed E-state index contributed by atoms with van der Waals surface area (Å²) in [5.41, 5.74) is 0.526. The number of carbonyl (C=O) groups excluding carboxylic acids is 2. The van der Waals surface area contributed by atoms with Crippen molar-refractivity contribution in [3.8, 4) is 0 Å². The first-order valence-electron chi connectivity index (χ1n) is 10.4. The van der Waals surface area contributed by atoms with E-state index in [4.69, 9.17) is 23.2 Å². The summed E-state index contributed by atoms with van der Waals surface area (Å²) in [6, 6.07) is 4.73. The minimum absolute atomic E-state index is 0.108. The molecule has 1 aromatic rings. The third-order valence-electron chi connectivity index (χ3n) is 5.84. The van der Waals surface area contributed by atoms with Crippen LogP contribution >= 0.6 is 23.2 Å². The highest BCUT2D eigenvalue weighted by atomic mass is 35.5. The van der Waals surface area contributed by atoms with Crippen molar-refractivity contribution >= 4 is 40.7 Å². The summed E-state index contributed by atoms with van der Waals surface area (Å²) in [5.74, 6) is 0.130. The predicted molar refractivity (Wildman–Crippen MR) is 118 cm³/mol. The molecule has 1 atom stereocenters. The Bertz CT molecular complexity index is 715. The van der Waals surface area contributed by atoms with Crippen LogP contribution in [0.2, 0.25) is 10.0 Å². The average Bonchev–Trinajstić information content (AvgIpc) is 3.00. The molecule has 3 rings (SSSR count). The molecule has 6 nitrogen and oxygen atoms in total. The number of amides is 2. The molecular weight excluding hydrogens is 411 g/mol. The van der Waals surface area contributed by atoms with Crippen LogP contribution < -0.4 is 5.32 Å². The number of hydrogen-bond donors (Lipinski definition) is 1. The van der Waals surface area contributed by atoms with Gasteiger partial charge < -0.3 is 10.2 Å². The number of benzene rings is 1. The standard InChI is InChI=1S/C21H30Cl2N4O2/c1-16(21(29)24-19-14-17(22)6-7-18(19)23)26-12-10-25(11-13-26)15-20(28)27-8-4-2-3-5-9-27/h6-7,14,16H,2-5,8-13,15H2,1H3,(H,24,29)/t16-/m1/s1. The van der Waals surface area contributed by atoms with Gasteiger partial charge in [0.05, 0.1) is 23.3 Å². The Morgan fingerprint density at radius 2 is 1.66 bits per heavy atom. The monoisotopic (exact) mass is 440 g/mol. The fraction of sp³-hybridized carbons (Fsp3) is 0.619. The molecule has 0 spiro atoms. The molecule has 160 valence electrons. The average molecular weight is 441 g/mol. The molecule has 29 heavy (non-hydrogen) atoms. The third kappa shape index (κ3) is 6.32. The lowest BCUT2D eigenvalue weighted by atomic mass is 10.2. The maximum absolute atomic E-state index is 12.6. The van der Waals surface area contributed by atoms with Crippen molar-refractivity contribution < 1.29 is 9.59 Å². The summed E-state index contributed by atoms with van der Waals surface area (Å²) in [6.07, 6.45) is 4.68. The number of carbonyl (C=O) groups is 2. The highest BCUT2D eigenvalue weighted by Crippen LogP contribution is 2.25. The molecule has 2 fully saturated rings. The summed E-state index contributed by atoms with van der Waals surface area (Å²) < 4.78 is 0. The summed E-state index contributed by atoms with van der Waals surface area (Å²) in [4.78, 5) is 31.6. The second-order valence-corrected chi connectivity index (χ2v) is 8.74. The largest absolute Gasteiger partial charge is 0.342 e. The fourth-order valence-corrected chi connectivity index (χ4v) is 4.25. The maximum atomic E-state index is 12.6. The number of anilines is 1. The van der Waals surface area contributed by atoms with Crippen molar-refractivity contribution in [2.24, 2.45) is 0 Å². The Morgan fingerprint density at radius 1 is 1.00 bits per heavy atom. The summed E-state index contributed by atoms with van der Waals surface area (Å²) in [6.45, 7) is 7.24. The number of hydrogen-bond acceptors (Lipinski definition) is 4. The first-order chi connectivity index (χ1) is 13.9. The van der Waals surface area contributed by atoms with Crippen LogP contribution in [0.4, 0.5) is 5.69 Å². The van der Waals surface area contributed by atoms with Gasteiger partial charge in [0.1, 0.15) is 0 Å². The predicted octanol–water partition coefficient (Wildman–Crippen LogP) is 3.34. The molecule has 1 N–H and O–H groups in total. The quantitative estimate of drug-likeness (QED) is 0.762. The van der Waals surface area contributed by atoms with Gasteiger partial charge in [0.25, 0.3) is 0 Å². The zero-order valence-electron chi connectivity index (χ0n) is 17.0. The molecule has 2 amide bonds. The van der Waals surface area contributed by atoms with Crippen LogP contribution in [-0.2, 0) is 9.59 Å². The lowest BCUT2D eigenvalue weighted by molar-refractivity contribution is -0.133. The smallest absolute Gasteiger partial charge is 0.241 e. The number of halogens is 2. The van der Waals surface area contributed by atoms with E-state index in [9.17, 15) is 9.59 Å². The van der Waals surface area contributed by atoms with Gasteiger partial charge in [0.15, 0.2) is 0 Å². The number of nitrogens with zero attached hydrogens (tertiary/aromatic N) is 3. The van der Waals surface area contributed by atoms with E-state index < -0.39 is 0 Å². The van der Waals surface area contributed by atoms with E-state index in [1.54, 1.807) is 18.2 Å². The zero-order valence-corrected chi connectivity index (χ0v) is 18.5. The zero-order chi connectivity index (χ0) is 20.8. The first-order valence-corrected chi connectivity index (χ1v) is 11.2. The van der Waals surface area contributed by atoms with E-state index in [-0.39, 0.29) is 17.9 Å². The van der Waals surface area contributed by atoms with Crippen molar-refractivity contribution in [2.75, 3.05) is 51.1 Å². The van der Waals surface area contributed by atoms with Crippen molar-refractivity contribution in [2.45, 2.75) is 38.6 Å². The van der Waals surface area contributed by atoms with Crippen LogP contribution in [0.5, 0.6) is 0 Å². The van der Waals surface area contributed by atoms with E-state index in [1.807, 2.05) is 11.8 Å². The molecule has 8 heteroatoms. The van der Waals surface area contributed by atoms with Gasteiger partial charge in [-0.1, -0.05) is 36.0 Å².